The van der Waals surface area contributed by atoms with Crippen molar-refractivity contribution in [3.8, 4) is 0 Å². The molecule has 0 aliphatic rings. The van der Waals surface area contributed by atoms with E-state index in [1.54, 1.807) is 24.3 Å². The number of aryl methyl sites for hydroxylation is 1. The van der Waals surface area contributed by atoms with Crippen molar-refractivity contribution < 1.29 is 23.1 Å². The van der Waals surface area contributed by atoms with Crippen LogP contribution in [0.2, 0.25) is 0 Å². The molecule has 0 aliphatic carbocycles. The molecule has 1 aromatic rings. The number of rotatable bonds is 17. The fourth-order valence-corrected chi connectivity index (χ4v) is 3.64. The van der Waals surface area contributed by atoms with Crippen LogP contribution in [0.1, 0.15) is 96.0 Å². The summed E-state index contributed by atoms with van der Waals surface area (Å²) < 4.78 is 38.9. The van der Waals surface area contributed by atoms with Crippen LogP contribution in [0.5, 0.6) is 0 Å². The van der Waals surface area contributed by atoms with E-state index in [-0.39, 0.29) is 6.42 Å². The second-order valence-corrected chi connectivity index (χ2v) is 8.22. The van der Waals surface area contributed by atoms with Crippen molar-refractivity contribution in [2.75, 3.05) is 5.32 Å². The van der Waals surface area contributed by atoms with Gasteiger partial charge in [-0.1, -0.05) is 83.3 Å². The summed E-state index contributed by atoms with van der Waals surface area (Å²) >= 11 is 0. The van der Waals surface area contributed by atoms with Crippen LogP contribution in [0.4, 0.5) is 18.9 Å². The molecule has 172 valence electrons. The molecule has 0 aliphatic heterocycles. The molecule has 1 aromatic carbocycles. The largest absolute Gasteiger partial charge is 0.481 e. The average Bonchev–Trinajstić information content (AvgIpc) is 2.67. The number of aliphatic carboxylic acids is 1. The van der Waals surface area contributed by atoms with Gasteiger partial charge in [-0.25, -0.2) is 0 Å². The van der Waals surface area contributed by atoms with Gasteiger partial charge in [0.05, 0.1) is 6.42 Å². The zero-order valence-corrected chi connectivity index (χ0v) is 18.3. The van der Waals surface area contributed by atoms with Gasteiger partial charge in [-0.15, -0.1) is 0 Å². The van der Waals surface area contributed by atoms with Gasteiger partial charge in [-0.3, -0.25) is 4.79 Å². The molecule has 1 atom stereocenters. The summed E-state index contributed by atoms with van der Waals surface area (Å²) in [6, 6.07) is 6.38. The van der Waals surface area contributed by atoms with Crippen LogP contribution in [0.15, 0.2) is 24.3 Å². The molecule has 0 radical (unpaired) electrons. The van der Waals surface area contributed by atoms with Crippen LogP contribution in [0, 0.1) is 0 Å². The van der Waals surface area contributed by atoms with Crippen molar-refractivity contribution in [2.45, 2.75) is 109 Å². The first-order chi connectivity index (χ1) is 14.3. The highest BCUT2D eigenvalue weighted by Gasteiger charge is 2.31. The van der Waals surface area contributed by atoms with Crippen LogP contribution >= 0.6 is 0 Å². The zero-order chi connectivity index (χ0) is 22.2. The van der Waals surface area contributed by atoms with E-state index in [1.165, 1.54) is 44.9 Å². The van der Waals surface area contributed by atoms with Gasteiger partial charge in [0.2, 0.25) is 0 Å². The Morgan fingerprint density at radius 2 is 1.47 bits per heavy atom. The highest BCUT2D eigenvalue weighted by atomic mass is 19.4. The maximum atomic E-state index is 13.0. The number of halogens is 3. The van der Waals surface area contributed by atoms with Gasteiger partial charge in [0.25, 0.3) is 0 Å². The predicted molar refractivity (Wildman–Crippen MR) is 117 cm³/mol. The van der Waals surface area contributed by atoms with E-state index < -0.39 is 24.6 Å². The highest BCUT2D eigenvalue weighted by molar-refractivity contribution is 5.67. The number of hydrogen-bond donors (Lipinski definition) is 2. The maximum absolute atomic E-state index is 13.0. The first-order valence-electron chi connectivity index (χ1n) is 11.4. The molecular formula is C24H38F3NO2. The Balaban J connectivity index is 2.34. The van der Waals surface area contributed by atoms with Crippen molar-refractivity contribution >= 4 is 11.7 Å². The van der Waals surface area contributed by atoms with E-state index >= 15 is 0 Å². The van der Waals surface area contributed by atoms with Crippen LogP contribution in [-0.4, -0.2) is 23.3 Å². The number of anilines is 1. The van der Waals surface area contributed by atoms with Crippen molar-refractivity contribution in [1.29, 1.82) is 0 Å². The van der Waals surface area contributed by atoms with Crippen molar-refractivity contribution in [1.82, 2.24) is 0 Å². The minimum atomic E-state index is -4.20. The monoisotopic (exact) mass is 429 g/mol. The Hall–Kier alpha value is -1.72. The molecule has 30 heavy (non-hydrogen) atoms. The molecule has 3 nitrogen and oxygen atoms in total. The van der Waals surface area contributed by atoms with Gasteiger partial charge in [0.1, 0.15) is 0 Å². The van der Waals surface area contributed by atoms with Gasteiger partial charge in [0.15, 0.2) is 0 Å². The molecule has 0 saturated carbocycles. The third-order valence-corrected chi connectivity index (χ3v) is 5.34. The molecule has 1 rings (SSSR count). The topological polar surface area (TPSA) is 49.3 Å². The Bertz CT molecular complexity index is 573. The van der Waals surface area contributed by atoms with Gasteiger partial charge in [0, 0.05) is 18.2 Å². The Labute approximate surface area is 179 Å². The van der Waals surface area contributed by atoms with E-state index in [4.69, 9.17) is 5.11 Å². The summed E-state index contributed by atoms with van der Waals surface area (Å²) in [6.07, 6.45) is 7.58. The van der Waals surface area contributed by atoms with Gasteiger partial charge in [-0.05, 0) is 30.5 Å². The Kier molecular flexibility index (Phi) is 13.3. The third kappa shape index (κ3) is 14.3. The molecule has 0 fully saturated rings. The molecule has 0 spiro atoms. The number of carbonyl (C=O) groups is 1. The van der Waals surface area contributed by atoms with E-state index in [2.05, 4.69) is 12.2 Å². The maximum Gasteiger partial charge on any atom is 0.391 e. The van der Waals surface area contributed by atoms with Crippen LogP contribution in [-0.2, 0) is 11.2 Å². The molecule has 0 amide bonds. The molecule has 2 N–H and O–H groups in total. The van der Waals surface area contributed by atoms with E-state index in [9.17, 15) is 18.0 Å². The summed E-state index contributed by atoms with van der Waals surface area (Å²) in [5.41, 5.74) is 1.51. The number of unbranched alkanes of at least 4 members (excludes halogenated alkanes) is 9. The molecule has 0 bridgehead atoms. The number of carboxylic acid groups (broad SMARTS) is 1. The number of benzene rings is 1. The van der Waals surface area contributed by atoms with Gasteiger partial charge in [-0.2, -0.15) is 13.2 Å². The van der Waals surface area contributed by atoms with Gasteiger partial charge >= 0.3 is 12.1 Å². The van der Waals surface area contributed by atoms with E-state index in [1.807, 2.05) is 0 Å². The first kappa shape index (κ1) is 26.3. The lowest BCUT2D eigenvalue weighted by Crippen LogP contribution is -2.27. The van der Waals surface area contributed by atoms with Gasteiger partial charge < -0.3 is 10.4 Å². The fraction of sp³-hybridized carbons (Fsp3) is 0.708. The van der Waals surface area contributed by atoms with Crippen molar-refractivity contribution in [3.63, 3.8) is 0 Å². The molecule has 0 heterocycles. The minimum absolute atomic E-state index is 0.0439. The molecule has 0 saturated heterocycles. The van der Waals surface area contributed by atoms with Crippen molar-refractivity contribution in [3.05, 3.63) is 29.8 Å². The summed E-state index contributed by atoms with van der Waals surface area (Å²) in [4.78, 5) is 10.6. The Morgan fingerprint density at radius 1 is 0.933 bits per heavy atom. The second kappa shape index (κ2) is 15.1. The van der Waals surface area contributed by atoms with E-state index in [0.29, 0.717) is 18.5 Å². The standard InChI is InChI=1S/C24H38F3NO2/c1-2-3-4-5-6-7-8-9-10-11-12-22(19-24(25,26)27)28-21-16-13-20(14-17-21)15-18-23(29)30/h13-14,16-17,22,28H,2-12,15,18-19H2,1H3,(H,29,30). The van der Waals surface area contributed by atoms with Crippen LogP contribution in [0.3, 0.4) is 0 Å². The summed E-state index contributed by atoms with van der Waals surface area (Å²) in [5, 5.41) is 11.8. The number of carboxylic acids is 1. The number of nitrogens with one attached hydrogen (secondary N) is 1. The normalized spacial score (nSPS) is 12.7. The van der Waals surface area contributed by atoms with Crippen molar-refractivity contribution in [2.24, 2.45) is 0 Å². The lowest BCUT2D eigenvalue weighted by atomic mass is 10.0. The van der Waals surface area contributed by atoms with Crippen LogP contribution < -0.4 is 5.32 Å². The predicted octanol–water partition coefficient (Wildman–Crippen LogP) is 7.75. The zero-order valence-electron chi connectivity index (χ0n) is 18.3. The first-order valence-corrected chi connectivity index (χ1v) is 11.4. The average molecular weight is 430 g/mol. The third-order valence-electron chi connectivity index (χ3n) is 5.34. The Morgan fingerprint density at radius 3 is 1.97 bits per heavy atom. The molecule has 1 unspecified atom stereocenters. The SMILES string of the molecule is CCCCCCCCCCCCC(CC(F)(F)F)Nc1ccc(CCC(=O)O)cc1. The second-order valence-electron chi connectivity index (χ2n) is 8.22. The van der Waals surface area contributed by atoms with Crippen LogP contribution in [0.25, 0.3) is 0 Å². The summed E-state index contributed by atoms with van der Waals surface area (Å²) in [7, 11) is 0. The molecule has 6 heteroatoms. The minimum Gasteiger partial charge on any atom is -0.481 e. The number of alkyl halides is 3. The lowest BCUT2D eigenvalue weighted by Gasteiger charge is -2.21. The lowest BCUT2D eigenvalue weighted by molar-refractivity contribution is -0.138. The number of hydrogen-bond acceptors (Lipinski definition) is 2. The molecule has 0 aromatic heterocycles. The quantitative estimate of drug-likeness (QED) is 0.249. The smallest absolute Gasteiger partial charge is 0.391 e. The highest BCUT2D eigenvalue weighted by Crippen LogP contribution is 2.26. The molecular weight excluding hydrogens is 391 g/mol. The van der Waals surface area contributed by atoms with E-state index in [0.717, 1.165) is 24.8 Å². The summed E-state index contributed by atoms with van der Waals surface area (Å²) in [5.74, 6) is -0.862. The summed E-state index contributed by atoms with van der Waals surface area (Å²) in [6.45, 7) is 2.21. The fourth-order valence-electron chi connectivity index (χ4n) is 3.64.